The van der Waals surface area contributed by atoms with Crippen LogP contribution < -0.4 is 0 Å². The van der Waals surface area contributed by atoms with Crippen molar-refractivity contribution in [1.82, 2.24) is 4.98 Å². The van der Waals surface area contributed by atoms with Gasteiger partial charge in [0.15, 0.2) is 0 Å². The Labute approximate surface area is 72.1 Å². The largest absolute Gasteiger partial charge is 0.255 e. The molecular formula is C11H10N. The molecule has 0 N–H and O–H groups in total. The minimum absolute atomic E-state index is 1.04. The summed E-state index contributed by atoms with van der Waals surface area (Å²) in [6.07, 6.45) is 2.76. The molecule has 0 saturated heterocycles. The molecule has 1 heteroatoms. The van der Waals surface area contributed by atoms with E-state index in [1.54, 1.807) is 6.20 Å². The van der Waals surface area contributed by atoms with Crippen LogP contribution in [0.25, 0.3) is 10.9 Å². The molecule has 0 saturated carbocycles. The Kier molecular flexibility index (Phi) is 1.78. The molecule has 12 heavy (non-hydrogen) atoms. The van der Waals surface area contributed by atoms with Gasteiger partial charge in [0.1, 0.15) is 0 Å². The molecule has 0 spiro atoms. The molecule has 1 aromatic heterocycles. The van der Waals surface area contributed by atoms with Gasteiger partial charge in [-0.1, -0.05) is 25.1 Å². The second kappa shape index (κ2) is 2.94. The van der Waals surface area contributed by atoms with Gasteiger partial charge < -0.3 is 0 Å². The molecule has 2 aromatic rings. The summed E-state index contributed by atoms with van der Waals surface area (Å²) in [6, 6.07) is 11.2. The van der Waals surface area contributed by atoms with E-state index in [1.165, 1.54) is 10.9 Å². The molecule has 1 aromatic carbocycles. The Morgan fingerprint density at radius 2 is 2.33 bits per heavy atom. The number of para-hydroxylation sites is 1. The highest BCUT2D eigenvalue weighted by atomic mass is 14.6. The average Bonchev–Trinajstić information content (AvgIpc) is 2.17. The fourth-order valence-corrected chi connectivity index (χ4v) is 1.40. The lowest BCUT2D eigenvalue weighted by molar-refractivity contribution is 1.14. The predicted octanol–water partition coefficient (Wildman–Crippen LogP) is 2.60. The first-order valence-corrected chi connectivity index (χ1v) is 4.15. The zero-order valence-electron chi connectivity index (χ0n) is 7.04. The van der Waals surface area contributed by atoms with Crippen molar-refractivity contribution in [3.8, 4) is 0 Å². The van der Waals surface area contributed by atoms with Gasteiger partial charge in [-0.15, -0.1) is 0 Å². The van der Waals surface area contributed by atoms with Crippen LogP contribution in [-0.2, 0) is 6.42 Å². The van der Waals surface area contributed by atoms with E-state index in [2.05, 4.69) is 36.2 Å². The lowest BCUT2D eigenvalue weighted by Gasteiger charge is -2.00. The molecule has 1 heterocycles. The van der Waals surface area contributed by atoms with Gasteiger partial charge in [0.05, 0.1) is 5.52 Å². The number of aromatic nitrogens is 1. The van der Waals surface area contributed by atoms with Crippen molar-refractivity contribution < 1.29 is 0 Å². The standard InChI is InChI=1S/C11H10N/c1-2-9-5-3-6-10-7-4-8-12-11(9)10/h3,5-8H,2H2,1H3. The smallest absolute Gasteiger partial charge is 0.0734 e. The molecule has 0 fully saturated rings. The number of nitrogens with zero attached hydrogens (tertiary/aromatic N) is 1. The van der Waals surface area contributed by atoms with Gasteiger partial charge in [-0.3, -0.25) is 4.98 Å². The molecule has 1 nitrogen and oxygen atoms in total. The highest BCUT2D eigenvalue weighted by Crippen LogP contribution is 2.15. The molecule has 0 amide bonds. The van der Waals surface area contributed by atoms with Gasteiger partial charge >= 0.3 is 0 Å². The maximum Gasteiger partial charge on any atom is 0.0734 e. The van der Waals surface area contributed by atoms with Crippen LogP contribution in [0.5, 0.6) is 0 Å². The van der Waals surface area contributed by atoms with Crippen LogP contribution in [0.15, 0.2) is 30.5 Å². The summed E-state index contributed by atoms with van der Waals surface area (Å²) in [5.41, 5.74) is 2.42. The summed E-state index contributed by atoms with van der Waals surface area (Å²) in [7, 11) is 0. The predicted molar refractivity (Wildman–Crippen MR) is 50.0 cm³/mol. The van der Waals surface area contributed by atoms with Gasteiger partial charge in [0, 0.05) is 17.6 Å². The van der Waals surface area contributed by atoms with E-state index in [9.17, 15) is 0 Å². The summed E-state index contributed by atoms with van der Waals surface area (Å²) in [4.78, 5) is 4.30. The number of hydrogen-bond donors (Lipinski definition) is 0. The number of fused-ring (bicyclic) bond motifs is 1. The fourth-order valence-electron chi connectivity index (χ4n) is 1.40. The second-order valence-corrected chi connectivity index (χ2v) is 2.78. The molecule has 0 atom stereocenters. The highest BCUT2D eigenvalue weighted by molar-refractivity contribution is 5.81. The van der Waals surface area contributed by atoms with Crippen molar-refractivity contribution in [3.05, 3.63) is 42.1 Å². The summed E-state index contributed by atoms with van der Waals surface area (Å²) in [5, 5.41) is 1.18. The lowest BCUT2D eigenvalue weighted by atomic mass is 10.1. The van der Waals surface area contributed by atoms with Crippen LogP contribution in [0.2, 0.25) is 0 Å². The van der Waals surface area contributed by atoms with E-state index < -0.39 is 0 Å². The first-order valence-electron chi connectivity index (χ1n) is 4.15. The van der Waals surface area contributed by atoms with Gasteiger partial charge in [0.2, 0.25) is 0 Å². The van der Waals surface area contributed by atoms with Crippen LogP contribution in [0.4, 0.5) is 0 Å². The fraction of sp³-hybridized carbons (Fsp3) is 0.182. The molecule has 2 rings (SSSR count). The SMILES string of the molecule is CCc1cccc2c[c]cnc12. The summed E-state index contributed by atoms with van der Waals surface area (Å²) >= 11 is 0. The second-order valence-electron chi connectivity index (χ2n) is 2.78. The maximum atomic E-state index is 4.30. The van der Waals surface area contributed by atoms with E-state index in [-0.39, 0.29) is 0 Å². The van der Waals surface area contributed by atoms with Crippen LogP contribution in [0.3, 0.4) is 0 Å². The molecular weight excluding hydrogens is 146 g/mol. The third-order valence-electron chi connectivity index (χ3n) is 2.04. The van der Waals surface area contributed by atoms with Crippen LogP contribution in [-0.4, -0.2) is 4.98 Å². The molecule has 0 unspecified atom stereocenters. The van der Waals surface area contributed by atoms with Crippen molar-refractivity contribution in [2.45, 2.75) is 13.3 Å². The van der Waals surface area contributed by atoms with E-state index in [1.807, 2.05) is 6.07 Å². The zero-order chi connectivity index (χ0) is 8.39. The number of benzene rings is 1. The number of hydrogen-bond acceptors (Lipinski definition) is 1. The summed E-state index contributed by atoms with van der Waals surface area (Å²) in [5.74, 6) is 0. The minimum Gasteiger partial charge on any atom is -0.255 e. The van der Waals surface area contributed by atoms with Gasteiger partial charge in [-0.25, -0.2) is 0 Å². The van der Waals surface area contributed by atoms with Crippen molar-refractivity contribution in [2.75, 3.05) is 0 Å². The Morgan fingerprint density at radius 3 is 3.17 bits per heavy atom. The number of aryl methyl sites for hydroxylation is 1. The Bertz CT molecular complexity index is 388. The van der Waals surface area contributed by atoms with Crippen LogP contribution in [0, 0.1) is 6.07 Å². The van der Waals surface area contributed by atoms with Crippen molar-refractivity contribution in [2.24, 2.45) is 0 Å². The number of rotatable bonds is 1. The first-order chi connectivity index (χ1) is 5.92. The quantitative estimate of drug-likeness (QED) is 0.618. The van der Waals surface area contributed by atoms with Gasteiger partial charge in [-0.2, -0.15) is 0 Å². The molecule has 0 aliphatic carbocycles. The topological polar surface area (TPSA) is 12.9 Å². The van der Waals surface area contributed by atoms with Crippen molar-refractivity contribution in [3.63, 3.8) is 0 Å². The van der Waals surface area contributed by atoms with Crippen LogP contribution >= 0.6 is 0 Å². The third kappa shape index (κ3) is 1.07. The minimum atomic E-state index is 1.04. The molecule has 0 aliphatic heterocycles. The number of pyridine rings is 1. The highest BCUT2D eigenvalue weighted by Gasteiger charge is 1.97. The summed E-state index contributed by atoms with van der Waals surface area (Å²) < 4.78 is 0. The van der Waals surface area contributed by atoms with Gasteiger partial charge in [-0.05, 0) is 18.1 Å². The van der Waals surface area contributed by atoms with Crippen LogP contribution in [0.1, 0.15) is 12.5 Å². The first kappa shape index (κ1) is 7.29. The zero-order valence-corrected chi connectivity index (χ0v) is 7.04. The van der Waals surface area contributed by atoms with E-state index >= 15 is 0 Å². The monoisotopic (exact) mass is 156 g/mol. The lowest BCUT2D eigenvalue weighted by Crippen LogP contribution is -1.85. The average molecular weight is 156 g/mol. The Balaban J connectivity index is 2.79. The maximum absolute atomic E-state index is 4.30. The van der Waals surface area contributed by atoms with Crippen molar-refractivity contribution in [1.29, 1.82) is 0 Å². The van der Waals surface area contributed by atoms with Gasteiger partial charge in [0.25, 0.3) is 0 Å². The molecule has 1 radical (unpaired) electrons. The molecule has 0 bridgehead atoms. The summed E-state index contributed by atoms with van der Waals surface area (Å²) in [6.45, 7) is 2.15. The third-order valence-corrected chi connectivity index (χ3v) is 2.04. The van der Waals surface area contributed by atoms with E-state index in [0.717, 1.165) is 11.9 Å². The normalized spacial score (nSPS) is 10.4. The van der Waals surface area contributed by atoms with E-state index in [0.29, 0.717) is 0 Å². The Hall–Kier alpha value is -1.37. The Morgan fingerprint density at radius 1 is 1.42 bits per heavy atom. The van der Waals surface area contributed by atoms with E-state index in [4.69, 9.17) is 0 Å². The molecule has 59 valence electrons. The van der Waals surface area contributed by atoms with Crippen molar-refractivity contribution >= 4 is 10.9 Å². The molecule has 0 aliphatic rings.